The maximum Gasteiger partial charge on any atom is 0.304 e. The van der Waals surface area contributed by atoms with Gasteiger partial charge in [-0.15, -0.1) is 11.3 Å². The Morgan fingerprint density at radius 3 is 2.67 bits per heavy atom. The van der Waals surface area contributed by atoms with E-state index >= 15 is 0 Å². The van der Waals surface area contributed by atoms with E-state index in [4.69, 9.17) is 16.3 Å². The van der Waals surface area contributed by atoms with Crippen molar-refractivity contribution >= 4 is 34.8 Å². The van der Waals surface area contributed by atoms with E-state index in [1.54, 1.807) is 11.5 Å². The molecule has 0 radical (unpaired) electrons. The lowest BCUT2D eigenvalue weighted by atomic mass is 10.3. The van der Waals surface area contributed by atoms with Crippen LogP contribution in [0.15, 0.2) is 17.2 Å². The Bertz CT molecular complexity index is 524. The summed E-state index contributed by atoms with van der Waals surface area (Å²) in [7, 11) is 0. The zero-order valence-electron chi connectivity index (χ0n) is 9.58. The molecule has 1 aliphatic rings. The molecule has 0 spiro atoms. The van der Waals surface area contributed by atoms with Gasteiger partial charge >= 0.3 is 5.91 Å². The number of ether oxygens (including phenoxy) is 1. The molecule has 7 heteroatoms. The van der Waals surface area contributed by atoms with Crippen LogP contribution < -0.4 is 10.9 Å². The summed E-state index contributed by atoms with van der Waals surface area (Å²) < 4.78 is 5.05. The first-order chi connectivity index (χ1) is 8.59. The molecule has 0 aromatic carbocycles. The average Bonchev–Trinajstić information content (AvgIpc) is 2.98. The summed E-state index contributed by atoms with van der Waals surface area (Å²) in [5.74, 6) is -0.681. The van der Waals surface area contributed by atoms with Gasteiger partial charge in [0, 0.05) is 6.42 Å². The van der Waals surface area contributed by atoms with Crippen LogP contribution in [0.5, 0.6) is 0 Å². The van der Waals surface area contributed by atoms with Crippen molar-refractivity contribution in [3.8, 4) is 0 Å². The number of nitrogens with one attached hydrogen (secondary N) is 2. The number of aryl methyl sites for hydroxylation is 1. The standard InChI is InChI=1S/C11H11ClN2O3S/c1-6-5-18-9(8(6)12)11(16)14-13-10(15)7-3-2-4-17-7/h3,5H,2,4H2,1H3,(H,13,15)(H,14,16). The summed E-state index contributed by atoms with van der Waals surface area (Å²) in [6, 6.07) is 0. The van der Waals surface area contributed by atoms with Gasteiger partial charge in [0.25, 0.3) is 5.91 Å². The van der Waals surface area contributed by atoms with Gasteiger partial charge in [0.15, 0.2) is 5.76 Å². The van der Waals surface area contributed by atoms with Crippen molar-refractivity contribution in [3.63, 3.8) is 0 Å². The van der Waals surface area contributed by atoms with Gasteiger partial charge in [-0.1, -0.05) is 11.6 Å². The molecule has 96 valence electrons. The number of carbonyl (C=O) groups excluding carboxylic acids is 2. The molecule has 0 aliphatic carbocycles. The third kappa shape index (κ3) is 2.65. The van der Waals surface area contributed by atoms with E-state index in [2.05, 4.69) is 10.9 Å². The fourth-order valence-electron chi connectivity index (χ4n) is 1.39. The van der Waals surface area contributed by atoms with Crippen molar-refractivity contribution in [2.45, 2.75) is 13.3 Å². The Hall–Kier alpha value is -1.53. The quantitative estimate of drug-likeness (QED) is 0.814. The Labute approximate surface area is 113 Å². The highest BCUT2D eigenvalue weighted by Gasteiger charge is 2.18. The largest absolute Gasteiger partial charge is 0.488 e. The van der Waals surface area contributed by atoms with E-state index in [1.165, 1.54) is 11.3 Å². The van der Waals surface area contributed by atoms with Crippen LogP contribution in [-0.2, 0) is 9.53 Å². The molecule has 1 aromatic rings. The first-order valence-electron chi connectivity index (χ1n) is 5.27. The molecule has 0 atom stereocenters. The second-order valence-electron chi connectivity index (χ2n) is 3.68. The summed E-state index contributed by atoms with van der Waals surface area (Å²) in [5, 5.41) is 2.19. The minimum atomic E-state index is -0.467. The van der Waals surface area contributed by atoms with Crippen molar-refractivity contribution in [1.29, 1.82) is 0 Å². The molecule has 0 bridgehead atoms. The first kappa shape index (κ1) is 12.9. The molecule has 2 N–H and O–H groups in total. The molecule has 0 saturated carbocycles. The fourth-order valence-corrected chi connectivity index (χ4v) is 2.56. The highest BCUT2D eigenvalue weighted by atomic mass is 35.5. The van der Waals surface area contributed by atoms with Gasteiger partial charge in [-0.05, 0) is 23.9 Å². The van der Waals surface area contributed by atoms with Crippen LogP contribution in [0.4, 0.5) is 0 Å². The maximum absolute atomic E-state index is 11.7. The van der Waals surface area contributed by atoms with Gasteiger partial charge in [-0.2, -0.15) is 0 Å². The third-order valence-electron chi connectivity index (χ3n) is 2.32. The van der Waals surface area contributed by atoms with Gasteiger partial charge in [-0.3, -0.25) is 20.4 Å². The predicted molar refractivity (Wildman–Crippen MR) is 68.3 cm³/mol. The number of carbonyl (C=O) groups is 2. The topological polar surface area (TPSA) is 67.4 Å². The number of hydrogen-bond donors (Lipinski definition) is 2. The van der Waals surface area contributed by atoms with Crippen LogP contribution in [0.2, 0.25) is 5.02 Å². The smallest absolute Gasteiger partial charge is 0.304 e. The van der Waals surface area contributed by atoms with Crippen molar-refractivity contribution in [2.24, 2.45) is 0 Å². The monoisotopic (exact) mass is 286 g/mol. The molecule has 5 nitrogen and oxygen atoms in total. The zero-order chi connectivity index (χ0) is 13.1. The minimum absolute atomic E-state index is 0.226. The van der Waals surface area contributed by atoms with Crippen molar-refractivity contribution in [1.82, 2.24) is 10.9 Å². The van der Waals surface area contributed by atoms with E-state index in [0.717, 1.165) is 5.56 Å². The van der Waals surface area contributed by atoms with Gasteiger partial charge in [0.2, 0.25) is 0 Å². The summed E-state index contributed by atoms with van der Waals surface area (Å²) in [6.07, 6.45) is 2.37. The molecular weight excluding hydrogens is 276 g/mol. The van der Waals surface area contributed by atoms with Gasteiger partial charge in [-0.25, -0.2) is 0 Å². The van der Waals surface area contributed by atoms with Crippen LogP contribution in [0.3, 0.4) is 0 Å². The molecule has 1 aromatic heterocycles. The molecule has 2 amide bonds. The Morgan fingerprint density at radius 1 is 1.39 bits per heavy atom. The lowest BCUT2D eigenvalue weighted by Gasteiger charge is -2.07. The van der Waals surface area contributed by atoms with Crippen molar-refractivity contribution in [3.05, 3.63) is 32.7 Å². The second-order valence-corrected chi connectivity index (χ2v) is 4.93. The number of halogens is 1. The van der Waals surface area contributed by atoms with Gasteiger partial charge in [0.1, 0.15) is 4.88 Å². The SMILES string of the molecule is Cc1csc(C(=O)NNC(=O)C2=CCCO2)c1Cl. The minimum Gasteiger partial charge on any atom is -0.488 e. The molecule has 1 aliphatic heterocycles. The molecule has 0 saturated heterocycles. The molecule has 2 rings (SSSR count). The predicted octanol–water partition coefficient (Wildman–Crippen LogP) is 1.78. The fraction of sp³-hybridized carbons (Fsp3) is 0.273. The number of hydrogen-bond acceptors (Lipinski definition) is 4. The van der Waals surface area contributed by atoms with Crippen molar-refractivity contribution in [2.75, 3.05) is 6.61 Å². The van der Waals surface area contributed by atoms with Crippen LogP contribution in [0.25, 0.3) is 0 Å². The Kier molecular flexibility index (Phi) is 3.88. The lowest BCUT2D eigenvalue weighted by Crippen LogP contribution is -2.42. The summed E-state index contributed by atoms with van der Waals surface area (Å²) in [5.41, 5.74) is 5.41. The molecule has 18 heavy (non-hydrogen) atoms. The molecule has 2 heterocycles. The second kappa shape index (κ2) is 5.41. The maximum atomic E-state index is 11.7. The number of rotatable bonds is 2. The van der Waals surface area contributed by atoms with E-state index in [1.807, 2.05) is 6.92 Å². The van der Waals surface area contributed by atoms with Crippen LogP contribution in [-0.4, -0.2) is 18.4 Å². The lowest BCUT2D eigenvalue weighted by molar-refractivity contribution is -0.121. The van der Waals surface area contributed by atoms with Gasteiger partial charge < -0.3 is 4.74 Å². The number of hydrazine groups is 1. The average molecular weight is 287 g/mol. The molecule has 0 unspecified atom stereocenters. The summed E-state index contributed by atoms with van der Waals surface area (Å²) in [4.78, 5) is 23.6. The van der Waals surface area contributed by atoms with Gasteiger partial charge in [0.05, 0.1) is 11.6 Å². The summed E-state index contributed by atoms with van der Waals surface area (Å²) >= 11 is 7.17. The Morgan fingerprint density at radius 2 is 2.11 bits per heavy atom. The molecule has 0 fully saturated rings. The van der Waals surface area contributed by atoms with E-state index < -0.39 is 11.8 Å². The zero-order valence-corrected chi connectivity index (χ0v) is 11.2. The van der Waals surface area contributed by atoms with Crippen LogP contribution in [0, 0.1) is 6.92 Å². The summed E-state index contributed by atoms with van der Waals surface area (Å²) in [6.45, 7) is 2.30. The molecular formula is C11H11ClN2O3S. The highest BCUT2D eigenvalue weighted by Crippen LogP contribution is 2.26. The van der Waals surface area contributed by atoms with Crippen LogP contribution in [0.1, 0.15) is 21.7 Å². The first-order valence-corrected chi connectivity index (χ1v) is 6.52. The van der Waals surface area contributed by atoms with Crippen molar-refractivity contribution < 1.29 is 14.3 Å². The normalized spacial score (nSPS) is 13.8. The number of thiophene rings is 1. The third-order valence-corrected chi connectivity index (χ3v) is 4.02. The highest BCUT2D eigenvalue weighted by molar-refractivity contribution is 7.13. The van der Waals surface area contributed by atoms with E-state index in [-0.39, 0.29) is 5.76 Å². The van der Waals surface area contributed by atoms with E-state index in [0.29, 0.717) is 22.9 Å². The number of amides is 2. The Balaban J connectivity index is 1.92. The van der Waals surface area contributed by atoms with E-state index in [9.17, 15) is 9.59 Å². The van der Waals surface area contributed by atoms with Crippen LogP contribution >= 0.6 is 22.9 Å².